The highest BCUT2D eigenvalue weighted by molar-refractivity contribution is 7.20. The summed E-state index contributed by atoms with van der Waals surface area (Å²) in [5, 5.41) is 5.69. The van der Waals surface area contributed by atoms with Crippen molar-refractivity contribution in [2.75, 3.05) is 13.7 Å². The van der Waals surface area contributed by atoms with Crippen LogP contribution < -0.4 is 26.6 Å². The summed E-state index contributed by atoms with van der Waals surface area (Å²) in [4.78, 5) is 59.1. The first-order valence-electron chi connectivity index (χ1n) is 10.6. The highest BCUT2D eigenvalue weighted by Gasteiger charge is 2.18. The predicted octanol–water partition coefficient (Wildman–Crippen LogP) is 0.920. The Labute approximate surface area is 203 Å². The molecule has 3 aromatic heterocycles. The predicted molar refractivity (Wildman–Crippen MR) is 130 cm³/mol. The number of carbonyl (C=O) groups excluding carboxylic acids is 2. The Morgan fingerprint density at radius 2 is 1.94 bits per heavy atom. The van der Waals surface area contributed by atoms with Gasteiger partial charge in [0.05, 0.1) is 23.6 Å². The lowest BCUT2D eigenvalue weighted by molar-refractivity contribution is 0.0941. The number of nitrogens with zero attached hydrogens (tertiary/aromatic N) is 4. The van der Waals surface area contributed by atoms with Crippen molar-refractivity contribution < 1.29 is 14.3 Å². The second-order valence-electron chi connectivity index (χ2n) is 7.51. The lowest BCUT2D eigenvalue weighted by atomic mass is 10.2. The van der Waals surface area contributed by atoms with Gasteiger partial charge in [0.1, 0.15) is 16.3 Å². The number of methoxy groups -OCH3 is 1. The molecule has 3 heterocycles. The zero-order chi connectivity index (χ0) is 24.9. The lowest BCUT2D eigenvalue weighted by Crippen LogP contribution is -2.41. The number of amides is 2. The summed E-state index contributed by atoms with van der Waals surface area (Å²) < 4.78 is 7.55. The summed E-state index contributed by atoms with van der Waals surface area (Å²) >= 11 is 1.07. The number of thiophene rings is 1. The van der Waals surface area contributed by atoms with Crippen LogP contribution in [0.2, 0.25) is 0 Å². The molecule has 0 saturated carbocycles. The molecular formula is C23H22N6O5S. The Kier molecular flexibility index (Phi) is 7.01. The average Bonchev–Trinajstić information content (AvgIpc) is 3.34. The summed E-state index contributed by atoms with van der Waals surface area (Å²) in [6, 6.07) is 8.80. The molecule has 4 rings (SSSR count). The summed E-state index contributed by atoms with van der Waals surface area (Å²) in [5.41, 5.74) is -0.0795. The van der Waals surface area contributed by atoms with Crippen LogP contribution >= 0.6 is 11.3 Å². The number of rotatable bonds is 8. The lowest BCUT2D eigenvalue weighted by Gasteiger charge is -2.09. The van der Waals surface area contributed by atoms with Crippen molar-refractivity contribution in [1.82, 2.24) is 29.7 Å². The van der Waals surface area contributed by atoms with Crippen molar-refractivity contribution in [1.29, 1.82) is 0 Å². The van der Waals surface area contributed by atoms with E-state index in [1.807, 2.05) is 24.3 Å². The fourth-order valence-corrected chi connectivity index (χ4v) is 4.45. The third kappa shape index (κ3) is 5.11. The van der Waals surface area contributed by atoms with Crippen molar-refractivity contribution in [3.8, 4) is 5.75 Å². The summed E-state index contributed by atoms with van der Waals surface area (Å²) in [5.74, 6) is -0.139. The number of hydrogen-bond donors (Lipinski definition) is 2. The second kappa shape index (κ2) is 10.3. The molecular weight excluding hydrogens is 472 g/mol. The molecule has 0 saturated heterocycles. The van der Waals surface area contributed by atoms with Gasteiger partial charge in [-0.15, -0.1) is 11.3 Å². The number of fused-ring (bicyclic) bond motifs is 1. The molecule has 0 fully saturated rings. The van der Waals surface area contributed by atoms with Crippen molar-refractivity contribution in [2.24, 2.45) is 7.05 Å². The molecule has 180 valence electrons. The van der Waals surface area contributed by atoms with Crippen LogP contribution in [0.1, 0.15) is 25.7 Å². The minimum atomic E-state index is -0.540. The minimum Gasteiger partial charge on any atom is -0.497 e. The van der Waals surface area contributed by atoms with Crippen LogP contribution in [-0.2, 0) is 20.1 Å². The van der Waals surface area contributed by atoms with Gasteiger partial charge in [-0.25, -0.2) is 9.78 Å². The first-order chi connectivity index (χ1) is 16.9. The molecule has 0 atom stereocenters. The van der Waals surface area contributed by atoms with Crippen LogP contribution in [0.5, 0.6) is 5.75 Å². The van der Waals surface area contributed by atoms with Gasteiger partial charge in [0, 0.05) is 39.1 Å². The smallest absolute Gasteiger partial charge is 0.331 e. The number of nitrogens with one attached hydrogen (secondary N) is 2. The average molecular weight is 495 g/mol. The standard InChI is InChI=1S/C23H22N6O5S/c1-28-22-16(11-18(35-22)20(31)27-12-14-4-3-5-15(10-14)34-2)21(32)29(23(28)33)9-8-26-19(30)17-13-24-6-7-25-17/h3-7,10-11,13H,8-9,12H2,1-2H3,(H,26,30)(H,27,31). The maximum Gasteiger partial charge on any atom is 0.331 e. The van der Waals surface area contributed by atoms with Crippen LogP contribution in [0.3, 0.4) is 0 Å². The quantitative estimate of drug-likeness (QED) is 0.372. The van der Waals surface area contributed by atoms with Gasteiger partial charge < -0.3 is 15.4 Å². The largest absolute Gasteiger partial charge is 0.497 e. The molecule has 0 bridgehead atoms. The molecule has 0 aliphatic rings. The van der Waals surface area contributed by atoms with Crippen molar-refractivity contribution in [3.63, 3.8) is 0 Å². The maximum atomic E-state index is 13.0. The van der Waals surface area contributed by atoms with Gasteiger partial charge in [-0.1, -0.05) is 12.1 Å². The third-order valence-corrected chi connectivity index (χ3v) is 6.45. The first-order valence-corrected chi connectivity index (χ1v) is 11.4. The van der Waals surface area contributed by atoms with E-state index in [2.05, 4.69) is 20.6 Å². The Bertz CT molecular complexity index is 1510. The third-order valence-electron chi connectivity index (χ3n) is 5.24. The highest BCUT2D eigenvalue weighted by Crippen LogP contribution is 2.22. The van der Waals surface area contributed by atoms with Crippen molar-refractivity contribution >= 4 is 33.4 Å². The number of benzene rings is 1. The zero-order valence-electron chi connectivity index (χ0n) is 19.0. The second-order valence-corrected chi connectivity index (χ2v) is 8.54. The number of aromatic nitrogens is 4. The van der Waals surface area contributed by atoms with Gasteiger partial charge in [0.25, 0.3) is 17.4 Å². The van der Waals surface area contributed by atoms with Gasteiger partial charge in [-0.05, 0) is 23.8 Å². The number of carbonyl (C=O) groups is 2. The fraction of sp³-hybridized carbons (Fsp3) is 0.217. The molecule has 1 aromatic carbocycles. The van der Waals surface area contributed by atoms with E-state index in [0.717, 1.165) is 21.5 Å². The monoisotopic (exact) mass is 494 g/mol. The number of hydrogen-bond acceptors (Lipinski definition) is 8. The molecule has 35 heavy (non-hydrogen) atoms. The van der Waals surface area contributed by atoms with Crippen LogP contribution in [-0.4, -0.2) is 44.6 Å². The van der Waals surface area contributed by atoms with Gasteiger partial charge in [-0.3, -0.25) is 28.5 Å². The zero-order valence-corrected chi connectivity index (χ0v) is 19.8. The molecule has 0 radical (unpaired) electrons. The van der Waals surface area contributed by atoms with Crippen LogP contribution in [0, 0.1) is 0 Å². The molecule has 12 heteroatoms. The summed E-state index contributed by atoms with van der Waals surface area (Å²) in [6.45, 7) is 0.272. The Balaban J connectivity index is 1.50. The van der Waals surface area contributed by atoms with Gasteiger partial charge in [0.2, 0.25) is 0 Å². The van der Waals surface area contributed by atoms with E-state index in [1.165, 1.54) is 36.3 Å². The molecule has 2 amide bonds. The van der Waals surface area contributed by atoms with Gasteiger partial charge >= 0.3 is 5.69 Å². The molecule has 0 aliphatic heterocycles. The van der Waals surface area contributed by atoms with E-state index >= 15 is 0 Å². The number of aryl methyl sites for hydroxylation is 1. The Morgan fingerprint density at radius 1 is 1.11 bits per heavy atom. The van der Waals surface area contributed by atoms with Crippen molar-refractivity contribution in [2.45, 2.75) is 13.1 Å². The van der Waals surface area contributed by atoms with Crippen LogP contribution in [0.15, 0.2) is 58.5 Å². The highest BCUT2D eigenvalue weighted by atomic mass is 32.1. The SMILES string of the molecule is COc1cccc(CNC(=O)c2cc3c(=O)n(CCNC(=O)c4cnccn4)c(=O)n(C)c3s2)c1. The van der Waals surface area contributed by atoms with E-state index in [-0.39, 0.29) is 36.6 Å². The van der Waals surface area contributed by atoms with E-state index < -0.39 is 17.2 Å². The topological polar surface area (TPSA) is 137 Å². The van der Waals surface area contributed by atoms with E-state index in [1.54, 1.807) is 7.11 Å². The van der Waals surface area contributed by atoms with E-state index in [4.69, 9.17) is 4.74 Å². The normalized spacial score (nSPS) is 10.8. The van der Waals surface area contributed by atoms with E-state index in [9.17, 15) is 19.2 Å². The summed E-state index contributed by atoms with van der Waals surface area (Å²) in [7, 11) is 3.10. The molecule has 0 unspecified atom stereocenters. The minimum absolute atomic E-state index is 0.0358. The Morgan fingerprint density at radius 3 is 2.69 bits per heavy atom. The van der Waals surface area contributed by atoms with Crippen LogP contribution in [0.4, 0.5) is 0 Å². The number of ether oxygens (including phenoxy) is 1. The summed E-state index contributed by atoms with van der Waals surface area (Å²) in [6.07, 6.45) is 4.16. The molecule has 2 N–H and O–H groups in total. The Hall–Kier alpha value is -4.32. The molecule has 11 nitrogen and oxygen atoms in total. The van der Waals surface area contributed by atoms with E-state index in [0.29, 0.717) is 15.5 Å². The first kappa shape index (κ1) is 23.8. The molecule has 0 spiro atoms. The fourth-order valence-electron chi connectivity index (χ4n) is 3.43. The van der Waals surface area contributed by atoms with Crippen molar-refractivity contribution in [3.05, 3.63) is 85.9 Å². The maximum absolute atomic E-state index is 13.0. The molecule has 0 aliphatic carbocycles. The van der Waals surface area contributed by atoms with Gasteiger partial charge in [0.15, 0.2) is 0 Å². The molecule has 4 aromatic rings. The van der Waals surface area contributed by atoms with Gasteiger partial charge in [-0.2, -0.15) is 0 Å². The van der Waals surface area contributed by atoms with Crippen LogP contribution in [0.25, 0.3) is 10.2 Å².